The van der Waals surface area contributed by atoms with Gasteiger partial charge in [-0.05, 0) is 31.1 Å². The Balaban J connectivity index is 1.91. The van der Waals surface area contributed by atoms with E-state index in [1.54, 1.807) is 0 Å². The molecule has 3 heteroatoms. The van der Waals surface area contributed by atoms with Gasteiger partial charge in [-0.3, -0.25) is 0 Å². The zero-order chi connectivity index (χ0) is 10.7. The van der Waals surface area contributed by atoms with Crippen molar-refractivity contribution in [2.24, 2.45) is 11.8 Å². The molecule has 1 aliphatic rings. The Bertz CT molecular complexity index is 302. The Morgan fingerprint density at radius 1 is 1.60 bits per heavy atom. The number of nitrogens with zero attached hydrogens (tertiary/aromatic N) is 2. The van der Waals surface area contributed by atoms with Crippen LogP contribution in [0.5, 0.6) is 0 Å². The number of nitrogens with one attached hydrogen (secondary N) is 1. The zero-order valence-electron chi connectivity index (χ0n) is 9.74. The van der Waals surface area contributed by atoms with E-state index in [0.717, 1.165) is 37.3 Å². The smallest absolute Gasteiger partial charge is 0.202 e. The maximum absolute atomic E-state index is 4.34. The lowest BCUT2D eigenvalue weighted by atomic mass is 10.1. The van der Waals surface area contributed by atoms with Crippen molar-refractivity contribution < 1.29 is 0 Å². The van der Waals surface area contributed by atoms with Crippen molar-refractivity contribution in [3.8, 4) is 0 Å². The van der Waals surface area contributed by atoms with Crippen LogP contribution in [0.3, 0.4) is 0 Å². The van der Waals surface area contributed by atoms with Crippen molar-refractivity contribution in [1.29, 1.82) is 0 Å². The van der Waals surface area contributed by atoms with Gasteiger partial charge >= 0.3 is 0 Å². The van der Waals surface area contributed by atoms with Gasteiger partial charge in [-0.2, -0.15) is 0 Å². The summed E-state index contributed by atoms with van der Waals surface area (Å²) in [6, 6.07) is 0. The van der Waals surface area contributed by atoms with Gasteiger partial charge in [-0.15, -0.1) is 0 Å². The molecule has 1 fully saturated rings. The minimum atomic E-state index is 0.793. The van der Waals surface area contributed by atoms with Crippen molar-refractivity contribution in [1.82, 2.24) is 9.55 Å². The van der Waals surface area contributed by atoms with Gasteiger partial charge in [0.05, 0.1) is 0 Å². The molecule has 1 N–H and O–H groups in total. The van der Waals surface area contributed by atoms with E-state index in [1.165, 1.54) is 12.8 Å². The summed E-state index contributed by atoms with van der Waals surface area (Å²) in [6.07, 6.45) is 7.96. The predicted molar refractivity (Wildman–Crippen MR) is 62.9 cm³/mol. The van der Waals surface area contributed by atoms with Crippen LogP contribution in [0.2, 0.25) is 0 Å². The van der Waals surface area contributed by atoms with E-state index in [0.29, 0.717) is 0 Å². The standard InChI is InChI=1S/C12H21N3/c1-3-6-13-12-14-7-8-15(12)9-10(2)11-4-5-11/h7-8,10-11H,3-6,9H2,1-2H3,(H,13,14). The minimum Gasteiger partial charge on any atom is -0.356 e. The lowest BCUT2D eigenvalue weighted by molar-refractivity contribution is 0.432. The Hall–Kier alpha value is -0.990. The van der Waals surface area contributed by atoms with Gasteiger partial charge < -0.3 is 9.88 Å². The highest BCUT2D eigenvalue weighted by Crippen LogP contribution is 2.37. The van der Waals surface area contributed by atoms with Crippen molar-refractivity contribution in [2.45, 2.75) is 39.7 Å². The van der Waals surface area contributed by atoms with Crippen molar-refractivity contribution in [2.75, 3.05) is 11.9 Å². The number of rotatable bonds is 6. The van der Waals surface area contributed by atoms with Crippen LogP contribution >= 0.6 is 0 Å². The highest BCUT2D eigenvalue weighted by Gasteiger charge is 2.28. The highest BCUT2D eigenvalue weighted by molar-refractivity contribution is 5.25. The largest absolute Gasteiger partial charge is 0.356 e. The maximum Gasteiger partial charge on any atom is 0.202 e. The molecule has 3 nitrogen and oxygen atoms in total. The van der Waals surface area contributed by atoms with Crippen LogP contribution in [0, 0.1) is 11.8 Å². The zero-order valence-corrected chi connectivity index (χ0v) is 9.74. The summed E-state index contributed by atoms with van der Waals surface area (Å²) in [5, 5.41) is 3.36. The molecule has 1 aromatic heterocycles. The van der Waals surface area contributed by atoms with E-state index >= 15 is 0 Å². The second-order valence-electron chi connectivity index (χ2n) is 4.64. The molecule has 0 radical (unpaired) electrons. The molecule has 0 bridgehead atoms. The first-order valence-electron chi connectivity index (χ1n) is 6.06. The topological polar surface area (TPSA) is 29.9 Å². The Morgan fingerprint density at radius 3 is 3.07 bits per heavy atom. The first kappa shape index (κ1) is 10.5. The molecule has 1 aromatic rings. The molecule has 0 amide bonds. The van der Waals surface area contributed by atoms with Crippen molar-refractivity contribution in [3.05, 3.63) is 12.4 Å². The maximum atomic E-state index is 4.34. The molecule has 0 spiro atoms. The summed E-state index contributed by atoms with van der Waals surface area (Å²) < 4.78 is 2.25. The number of hydrogen-bond acceptors (Lipinski definition) is 2. The lowest BCUT2D eigenvalue weighted by Gasteiger charge is -2.14. The van der Waals surface area contributed by atoms with Gasteiger partial charge in [0.2, 0.25) is 5.95 Å². The van der Waals surface area contributed by atoms with Gasteiger partial charge in [0.1, 0.15) is 0 Å². The molecule has 1 aliphatic carbocycles. The summed E-state index contributed by atoms with van der Waals surface area (Å²) in [6.45, 7) is 6.64. The third kappa shape index (κ3) is 2.74. The molecule has 2 rings (SSSR count). The molecule has 0 aliphatic heterocycles. The monoisotopic (exact) mass is 207 g/mol. The third-order valence-corrected chi connectivity index (χ3v) is 3.16. The molecule has 0 aromatic carbocycles. The van der Waals surface area contributed by atoms with E-state index in [1.807, 2.05) is 6.20 Å². The average Bonchev–Trinajstić information content (AvgIpc) is 2.99. The summed E-state index contributed by atoms with van der Waals surface area (Å²) in [5.41, 5.74) is 0. The summed E-state index contributed by atoms with van der Waals surface area (Å²) >= 11 is 0. The fraction of sp³-hybridized carbons (Fsp3) is 0.750. The van der Waals surface area contributed by atoms with Gasteiger partial charge in [0.15, 0.2) is 0 Å². The highest BCUT2D eigenvalue weighted by atomic mass is 15.2. The van der Waals surface area contributed by atoms with Crippen molar-refractivity contribution in [3.63, 3.8) is 0 Å². The molecular formula is C12H21N3. The van der Waals surface area contributed by atoms with Crippen LogP contribution in [0.4, 0.5) is 5.95 Å². The number of hydrogen-bond donors (Lipinski definition) is 1. The fourth-order valence-electron chi connectivity index (χ4n) is 1.99. The third-order valence-electron chi connectivity index (χ3n) is 3.16. The van der Waals surface area contributed by atoms with E-state index in [-0.39, 0.29) is 0 Å². The molecule has 1 heterocycles. The van der Waals surface area contributed by atoms with Crippen LogP contribution < -0.4 is 5.32 Å². The van der Waals surface area contributed by atoms with E-state index in [9.17, 15) is 0 Å². The van der Waals surface area contributed by atoms with Crippen LogP contribution in [-0.2, 0) is 6.54 Å². The minimum absolute atomic E-state index is 0.793. The van der Waals surface area contributed by atoms with Gasteiger partial charge in [0, 0.05) is 25.5 Å². The quantitative estimate of drug-likeness (QED) is 0.777. The second kappa shape index (κ2) is 4.69. The van der Waals surface area contributed by atoms with Crippen LogP contribution in [0.1, 0.15) is 33.1 Å². The first-order chi connectivity index (χ1) is 7.31. The summed E-state index contributed by atoms with van der Waals surface area (Å²) in [7, 11) is 0. The lowest BCUT2D eigenvalue weighted by Crippen LogP contribution is -2.13. The van der Waals surface area contributed by atoms with Crippen molar-refractivity contribution >= 4 is 5.95 Å². The predicted octanol–water partition coefficient (Wildman–Crippen LogP) is 2.75. The van der Waals surface area contributed by atoms with Crippen LogP contribution in [0.25, 0.3) is 0 Å². The summed E-state index contributed by atoms with van der Waals surface area (Å²) in [5.74, 6) is 2.79. The number of imidazole rings is 1. The molecule has 1 atom stereocenters. The molecule has 84 valence electrons. The van der Waals surface area contributed by atoms with Crippen LogP contribution in [-0.4, -0.2) is 16.1 Å². The molecule has 1 saturated carbocycles. The van der Waals surface area contributed by atoms with Gasteiger partial charge in [0.25, 0.3) is 0 Å². The molecule has 0 saturated heterocycles. The second-order valence-corrected chi connectivity index (χ2v) is 4.64. The molecule has 15 heavy (non-hydrogen) atoms. The van der Waals surface area contributed by atoms with Crippen LogP contribution in [0.15, 0.2) is 12.4 Å². The Kier molecular flexibility index (Phi) is 3.29. The SMILES string of the molecule is CCCNc1nccn1CC(C)C1CC1. The fourth-order valence-corrected chi connectivity index (χ4v) is 1.99. The Morgan fingerprint density at radius 2 is 2.40 bits per heavy atom. The molecular weight excluding hydrogens is 186 g/mol. The normalized spacial score (nSPS) is 17.7. The van der Waals surface area contributed by atoms with E-state index in [2.05, 4.69) is 34.9 Å². The number of aromatic nitrogens is 2. The van der Waals surface area contributed by atoms with Gasteiger partial charge in [-0.25, -0.2) is 4.98 Å². The molecule has 1 unspecified atom stereocenters. The van der Waals surface area contributed by atoms with E-state index in [4.69, 9.17) is 0 Å². The Labute approximate surface area is 91.9 Å². The average molecular weight is 207 g/mol. The summed E-state index contributed by atoms with van der Waals surface area (Å²) in [4.78, 5) is 4.34. The van der Waals surface area contributed by atoms with Gasteiger partial charge in [-0.1, -0.05) is 13.8 Å². The first-order valence-corrected chi connectivity index (χ1v) is 6.06. The number of anilines is 1. The van der Waals surface area contributed by atoms with E-state index < -0.39 is 0 Å².